The summed E-state index contributed by atoms with van der Waals surface area (Å²) in [6.07, 6.45) is 3.46. The highest BCUT2D eigenvalue weighted by atomic mass is 32.2. The van der Waals surface area contributed by atoms with E-state index in [0.717, 1.165) is 40.9 Å². The SMILES string of the molecule is CCc1ccccc1N=C1S/C(=C\c2ccc(OCC(=O)O)cc2)C(=O)N1c1ccccc1CC. The molecule has 0 radical (unpaired) electrons. The first-order valence-electron chi connectivity index (χ1n) is 11.4. The molecule has 1 heterocycles. The van der Waals surface area contributed by atoms with Crippen LogP contribution < -0.4 is 9.64 Å². The fourth-order valence-electron chi connectivity index (χ4n) is 3.77. The second kappa shape index (κ2) is 11.1. The summed E-state index contributed by atoms with van der Waals surface area (Å²) in [5.41, 5.74) is 4.68. The third-order valence-electron chi connectivity index (χ3n) is 5.55. The number of ether oxygens (including phenoxy) is 1. The molecule has 178 valence electrons. The molecule has 0 saturated carbocycles. The van der Waals surface area contributed by atoms with Crippen LogP contribution in [0.5, 0.6) is 5.75 Å². The Balaban J connectivity index is 1.72. The molecule has 0 aromatic heterocycles. The molecule has 0 atom stereocenters. The van der Waals surface area contributed by atoms with Gasteiger partial charge in [0.1, 0.15) is 5.75 Å². The number of hydrogen-bond donors (Lipinski definition) is 1. The number of nitrogens with zero attached hydrogens (tertiary/aromatic N) is 2. The van der Waals surface area contributed by atoms with Crippen molar-refractivity contribution in [2.75, 3.05) is 11.5 Å². The van der Waals surface area contributed by atoms with Crippen molar-refractivity contribution in [1.29, 1.82) is 0 Å². The molecule has 1 saturated heterocycles. The number of carbonyl (C=O) groups is 2. The van der Waals surface area contributed by atoms with Gasteiger partial charge in [0.05, 0.1) is 16.3 Å². The van der Waals surface area contributed by atoms with Gasteiger partial charge in [0, 0.05) is 0 Å². The third-order valence-corrected chi connectivity index (χ3v) is 6.52. The molecular weight excluding hydrogens is 460 g/mol. The van der Waals surface area contributed by atoms with E-state index in [4.69, 9.17) is 14.8 Å². The van der Waals surface area contributed by atoms with Gasteiger partial charge in [0.2, 0.25) is 0 Å². The van der Waals surface area contributed by atoms with Gasteiger partial charge in [-0.25, -0.2) is 9.79 Å². The van der Waals surface area contributed by atoms with Crippen molar-refractivity contribution in [3.05, 3.63) is 94.4 Å². The van der Waals surface area contributed by atoms with Crippen LogP contribution in [0.3, 0.4) is 0 Å². The van der Waals surface area contributed by atoms with Crippen LogP contribution >= 0.6 is 11.8 Å². The smallest absolute Gasteiger partial charge is 0.341 e. The first kappa shape index (κ1) is 24.3. The van der Waals surface area contributed by atoms with Crippen LogP contribution in [-0.4, -0.2) is 28.8 Å². The van der Waals surface area contributed by atoms with E-state index in [1.807, 2.05) is 48.5 Å². The molecule has 0 aliphatic carbocycles. The number of anilines is 1. The third kappa shape index (κ3) is 5.63. The first-order chi connectivity index (χ1) is 17.0. The monoisotopic (exact) mass is 486 g/mol. The molecule has 35 heavy (non-hydrogen) atoms. The molecule has 3 aromatic rings. The van der Waals surface area contributed by atoms with Crippen molar-refractivity contribution in [2.24, 2.45) is 4.99 Å². The van der Waals surface area contributed by atoms with Crippen LogP contribution in [0.15, 0.2) is 82.7 Å². The molecule has 7 heteroatoms. The van der Waals surface area contributed by atoms with E-state index >= 15 is 0 Å². The Morgan fingerprint density at radius 2 is 1.63 bits per heavy atom. The normalized spacial score (nSPS) is 15.7. The van der Waals surface area contributed by atoms with Gasteiger partial charge in [-0.15, -0.1) is 0 Å². The van der Waals surface area contributed by atoms with Crippen LogP contribution in [-0.2, 0) is 22.4 Å². The van der Waals surface area contributed by atoms with E-state index in [2.05, 4.69) is 19.9 Å². The fraction of sp³-hybridized carbons (Fsp3) is 0.179. The maximum atomic E-state index is 13.6. The molecule has 0 bridgehead atoms. The number of carbonyl (C=O) groups excluding carboxylic acids is 1. The Hall–Kier alpha value is -3.84. The summed E-state index contributed by atoms with van der Waals surface area (Å²) in [6.45, 7) is 3.76. The zero-order valence-corrected chi connectivity index (χ0v) is 20.4. The molecule has 1 aliphatic heterocycles. The number of benzene rings is 3. The Labute approximate surface area is 209 Å². The maximum absolute atomic E-state index is 13.6. The number of aliphatic imine (C=N–C) groups is 1. The lowest BCUT2D eigenvalue weighted by molar-refractivity contribution is -0.139. The molecule has 1 amide bonds. The number of amidine groups is 1. The van der Waals surface area contributed by atoms with Gasteiger partial charge in [-0.1, -0.05) is 62.4 Å². The standard InChI is InChI=1S/C28H26N2O4S/c1-3-20-9-5-7-11-23(20)29-28-30(24-12-8-6-10-21(24)4-2)27(33)25(35-28)17-19-13-15-22(16-14-19)34-18-26(31)32/h5-17H,3-4,18H2,1-2H3,(H,31,32)/b25-17-,29-28?. The van der Waals surface area contributed by atoms with E-state index in [1.165, 1.54) is 11.8 Å². The van der Waals surface area contributed by atoms with Gasteiger partial charge in [0.15, 0.2) is 11.8 Å². The van der Waals surface area contributed by atoms with E-state index < -0.39 is 12.6 Å². The number of rotatable bonds is 8. The van der Waals surface area contributed by atoms with Gasteiger partial charge in [-0.2, -0.15) is 0 Å². The Morgan fingerprint density at radius 1 is 0.971 bits per heavy atom. The first-order valence-corrected chi connectivity index (χ1v) is 12.2. The summed E-state index contributed by atoms with van der Waals surface area (Å²) in [6, 6.07) is 22.8. The highest BCUT2D eigenvalue weighted by molar-refractivity contribution is 8.19. The van der Waals surface area contributed by atoms with Crippen molar-refractivity contribution in [3.63, 3.8) is 0 Å². The van der Waals surface area contributed by atoms with Crippen molar-refractivity contribution in [1.82, 2.24) is 0 Å². The Morgan fingerprint density at radius 3 is 2.31 bits per heavy atom. The largest absolute Gasteiger partial charge is 0.482 e. The number of amides is 1. The lowest BCUT2D eigenvalue weighted by Gasteiger charge is -2.19. The summed E-state index contributed by atoms with van der Waals surface area (Å²) in [4.78, 5) is 31.5. The molecule has 3 aromatic carbocycles. The zero-order valence-electron chi connectivity index (χ0n) is 19.6. The average molecular weight is 487 g/mol. The highest BCUT2D eigenvalue weighted by Crippen LogP contribution is 2.39. The topological polar surface area (TPSA) is 79.2 Å². The predicted octanol–water partition coefficient (Wildman–Crippen LogP) is 6.08. The van der Waals surface area contributed by atoms with E-state index in [9.17, 15) is 9.59 Å². The maximum Gasteiger partial charge on any atom is 0.341 e. The lowest BCUT2D eigenvalue weighted by atomic mass is 10.1. The summed E-state index contributed by atoms with van der Waals surface area (Å²) in [5, 5.41) is 9.39. The number of thioether (sulfide) groups is 1. The van der Waals surface area contributed by atoms with Crippen LogP contribution in [0, 0.1) is 0 Å². The minimum absolute atomic E-state index is 0.130. The minimum Gasteiger partial charge on any atom is -0.482 e. The van der Waals surface area contributed by atoms with Gasteiger partial charge in [-0.05, 0) is 71.6 Å². The number of aliphatic carboxylic acids is 1. The molecule has 6 nitrogen and oxygen atoms in total. The van der Waals surface area contributed by atoms with Crippen LogP contribution in [0.1, 0.15) is 30.5 Å². The molecule has 1 N–H and O–H groups in total. The highest BCUT2D eigenvalue weighted by Gasteiger charge is 2.35. The number of carboxylic acid groups (broad SMARTS) is 1. The van der Waals surface area contributed by atoms with Gasteiger partial charge in [-0.3, -0.25) is 9.69 Å². The van der Waals surface area contributed by atoms with Crippen molar-refractivity contribution in [3.8, 4) is 5.75 Å². The number of para-hydroxylation sites is 2. The number of hydrogen-bond acceptors (Lipinski definition) is 5. The van der Waals surface area contributed by atoms with Crippen molar-refractivity contribution >= 4 is 46.3 Å². The number of carboxylic acids is 1. The van der Waals surface area contributed by atoms with Crippen LogP contribution in [0.2, 0.25) is 0 Å². The predicted molar refractivity (Wildman–Crippen MR) is 141 cm³/mol. The van der Waals surface area contributed by atoms with Gasteiger partial charge < -0.3 is 9.84 Å². The molecule has 0 spiro atoms. The zero-order chi connectivity index (χ0) is 24.8. The minimum atomic E-state index is -1.03. The quantitative estimate of drug-likeness (QED) is 0.390. The molecule has 1 aliphatic rings. The lowest BCUT2D eigenvalue weighted by Crippen LogP contribution is -2.29. The Kier molecular flexibility index (Phi) is 7.67. The van der Waals surface area contributed by atoms with Gasteiger partial charge >= 0.3 is 5.97 Å². The summed E-state index contributed by atoms with van der Waals surface area (Å²) in [7, 11) is 0. The molecular formula is C28H26N2O4S. The van der Waals surface area contributed by atoms with Crippen LogP contribution in [0.4, 0.5) is 11.4 Å². The summed E-state index contributed by atoms with van der Waals surface area (Å²) in [5.74, 6) is -0.709. The van der Waals surface area contributed by atoms with Crippen molar-refractivity contribution < 1.29 is 19.4 Å². The average Bonchev–Trinajstić information content (AvgIpc) is 3.17. The Bertz CT molecular complexity index is 1300. The molecule has 4 rings (SSSR count). The van der Waals surface area contributed by atoms with E-state index in [1.54, 1.807) is 29.2 Å². The van der Waals surface area contributed by atoms with Crippen molar-refractivity contribution in [2.45, 2.75) is 26.7 Å². The van der Waals surface area contributed by atoms with Crippen LogP contribution in [0.25, 0.3) is 6.08 Å². The molecule has 0 unspecified atom stereocenters. The second-order valence-electron chi connectivity index (χ2n) is 7.86. The molecule has 1 fully saturated rings. The van der Waals surface area contributed by atoms with Gasteiger partial charge in [0.25, 0.3) is 5.91 Å². The summed E-state index contributed by atoms with van der Waals surface area (Å²) >= 11 is 1.35. The number of aryl methyl sites for hydroxylation is 2. The van der Waals surface area contributed by atoms with E-state index in [-0.39, 0.29) is 5.91 Å². The fourth-order valence-corrected chi connectivity index (χ4v) is 4.75. The second-order valence-corrected chi connectivity index (χ2v) is 8.87. The van der Waals surface area contributed by atoms with E-state index in [0.29, 0.717) is 15.8 Å². The summed E-state index contributed by atoms with van der Waals surface area (Å²) < 4.78 is 5.20.